The number of rotatable bonds is 7. The van der Waals surface area contributed by atoms with Gasteiger partial charge in [0.25, 0.3) is 0 Å². The summed E-state index contributed by atoms with van der Waals surface area (Å²) in [6, 6.07) is 4.90. The second kappa shape index (κ2) is 6.94. The summed E-state index contributed by atoms with van der Waals surface area (Å²) in [6.07, 6.45) is 6.43. The van der Waals surface area contributed by atoms with E-state index in [1.807, 2.05) is 0 Å². The first-order chi connectivity index (χ1) is 8.16. The lowest BCUT2D eigenvalue weighted by Crippen LogP contribution is -2.03. The number of carboxylic acid groups (broad SMARTS) is 1. The Morgan fingerprint density at radius 3 is 2.53 bits per heavy atom. The van der Waals surface area contributed by atoms with Gasteiger partial charge in [0, 0.05) is 0 Å². The van der Waals surface area contributed by atoms with Crippen molar-refractivity contribution in [2.24, 2.45) is 0 Å². The van der Waals surface area contributed by atoms with Crippen LogP contribution in [0, 0.1) is 0 Å². The van der Waals surface area contributed by atoms with Gasteiger partial charge in [-0.05, 0) is 24.5 Å². The van der Waals surface area contributed by atoms with E-state index in [1.165, 1.54) is 25.3 Å². The summed E-state index contributed by atoms with van der Waals surface area (Å²) in [5.41, 5.74) is 0.789. The lowest BCUT2D eigenvalue weighted by atomic mass is 10.00. The number of aromatic hydroxyl groups is 1. The van der Waals surface area contributed by atoms with Gasteiger partial charge in [-0.1, -0.05) is 44.7 Å². The zero-order chi connectivity index (χ0) is 12.7. The van der Waals surface area contributed by atoms with E-state index >= 15 is 0 Å². The molecule has 0 heterocycles. The maximum Gasteiger partial charge on any atom is 0.339 e. The van der Waals surface area contributed by atoms with Crippen molar-refractivity contribution in [2.45, 2.75) is 45.4 Å². The smallest absolute Gasteiger partial charge is 0.339 e. The van der Waals surface area contributed by atoms with Gasteiger partial charge in [-0.15, -0.1) is 0 Å². The molecule has 1 rings (SSSR count). The number of aromatic carboxylic acids is 1. The molecule has 0 spiro atoms. The van der Waals surface area contributed by atoms with Crippen molar-refractivity contribution >= 4 is 5.97 Å². The molecular formula is C14H20O3. The number of carboxylic acids is 1. The molecule has 0 amide bonds. The predicted molar refractivity (Wildman–Crippen MR) is 67.5 cm³/mol. The fourth-order valence-corrected chi connectivity index (χ4v) is 1.96. The SMILES string of the molecule is CCCCCCCc1cccc(O)c1C(=O)O. The lowest BCUT2D eigenvalue weighted by molar-refractivity contribution is 0.0692. The molecule has 0 aromatic heterocycles. The van der Waals surface area contributed by atoms with Crippen molar-refractivity contribution in [2.75, 3.05) is 0 Å². The topological polar surface area (TPSA) is 57.5 Å². The maximum absolute atomic E-state index is 11.0. The molecule has 0 aliphatic heterocycles. The molecule has 0 fully saturated rings. The first kappa shape index (κ1) is 13.6. The van der Waals surface area contributed by atoms with Crippen LogP contribution in [0.5, 0.6) is 5.75 Å². The average molecular weight is 236 g/mol. The summed E-state index contributed by atoms with van der Waals surface area (Å²) in [6.45, 7) is 2.16. The van der Waals surface area contributed by atoms with E-state index in [1.54, 1.807) is 12.1 Å². The van der Waals surface area contributed by atoms with Crippen LogP contribution in [0.3, 0.4) is 0 Å². The van der Waals surface area contributed by atoms with Crippen molar-refractivity contribution in [1.29, 1.82) is 0 Å². The Morgan fingerprint density at radius 2 is 1.88 bits per heavy atom. The number of carbonyl (C=O) groups is 1. The highest BCUT2D eigenvalue weighted by Gasteiger charge is 2.14. The molecule has 0 unspecified atom stereocenters. The Hall–Kier alpha value is -1.51. The summed E-state index contributed by atoms with van der Waals surface area (Å²) in [5.74, 6) is -1.18. The first-order valence-corrected chi connectivity index (χ1v) is 6.21. The highest BCUT2D eigenvalue weighted by Crippen LogP contribution is 2.22. The molecule has 0 aliphatic rings. The number of benzene rings is 1. The van der Waals surface area contributed by atoms with Crippen LogP contribution in [0.1, 0.15) is 54.9 Å². The van der Waals surface area contributed by atoms with E-state index in [9.17, 15) is 9.90 Å². The summed E-state index contributed by atoms with van der Waals surface area (Å²) in [4.78, 5) is 11.0. The average Bonchev–Trinajstić information content (AvgIpc) is 2.28. The van der Waals surface area contributed by atoms with E-state index in [4.69, 9.17) is 5.11 Å². The Bertz CT molecular complexity index is 372. The van der Waals surface area contributed by atoms with Gasteiger partial charge in [0.05, 0.1) is 0 Å². The van der Waals surface area contributed by atoms with Crippen LogP contribution >= 0.6 is 0 Å². The first-order valence-electron chi connectivity index (χ1n) is 6.21. The Morgan fingerprint density at radius 1 is 1.18 bits per heavy atom. The van der Waals surface area contributed by atoms with Crippen LogP contribution < -0.4 is 0 Å². The molecule has 0 aliphatic carbocycles. The minimum atomic E-state index is -1.05. The molecule has 0 saturated heterocycles. The van der Waals surface area contributed by atoms with Crippen molar-refractivity contribution < 1.29 is 15.0 Å². The number of aryl methyl sites for hydroxylation is 1. The molecule has 0 saturated carbocycles. The van der Waals surface area contributed by atoms with Crippen molar-refractivity contribution in [3.8, 4) is 5.75 Å². The van der Waals surface area contributed by atoms with Crippen LogP contribution in [-0.4, -0.2) is 16.2 Å². The van der Waals surface area contributed by atoms with E-state index < -0.39 is 5.97 Å². The minimum Gasteiger partial charge on any atom is -0.507 e. The number of hydrogen-bond acceptors (Lipinski definition) is 2. The van der Waals surface area contributed by atoms with Gasteiger partial charge in [0.15, 0.2) is 0 Å². The maximum atomic E-state index is 11.0. The summed E-state index contributed by atoms with van der Waals surface area (Å²) in [5, 5.41) is 18.5. The van der Waals surface area contributed by atoms with Gasteiger partial charge in [-0.25, -0.2) is 4.79 Å². The quantitative estimate of drug-likeness (QED) is 0.711. The predicted octanol–water partition coefficient (Wildman–Crippen LogP) is 3.60. The Labute approximate surface area is 102 Å². The van der Waals surface area contributed by atoms with Crippen LogP contribution in [0.2, 0.25) is 0 Å². The Balaban J connectivity index is 2.58. The van der Waals surface area contributed by atoms with Gasteiger partial charge in [-0.2, -0.15) is 0 Å². The highest BCUT2D eigenvalue weighted by molar-refractivity contribution is 5.92. The fraction of sp³-hybridized carbons (Fsp3) is 0.500. The third-order valence-electron chi connectivity index (χ3n) is 2.89. The molecule has 17 heavy (non-hydrogen) atoms. The summed E-state index contributed by atoms with van der Waals surface area (Å²) < 4.78 is 0. The second-order valence-electron chi connectivity index (χ2n) is 4.28. The lowest BCUT2D eigenvalue weighted by Gasteiger charge is -2.07. The van der Waals surface area contributed by atoms with Crippen molar-refractivity contribution in [3.63, 3.8) is 0 Å². The van der Waals surface area contributed by atoms with E-state index in [-0.39, 0.29) is 11.3 Å². The zero-order valence-electron chi connectivity index (χ0n) is 10.3. The third-order valence-corrected chi connectivity index (χ3v) is 2.89. The number of unbranched alkanes of at least 4 members (excludes halogenated alkanes) is 4. The molecule has 1 aromatic carbocycles. The number of hydrogen-bond donors (Lipinski definition) is 2. The van der Waals surface area contributed by atoms with Crippen LogP contribution in [0.4, 0.5) is 0 Å². The monoisotopic (exact) mass is 236 g/mol. The second-order valence-corrected chi connectivity index (χ2v) is 4.28. The van der Waals surface area contributed by atoms with Gasteiger partial charge < -0.3 is 10.2 Å². The molecule has 94 valence electrons. The van der Waals surface area contributed by atoms with E-state index in [0.29, 0.717) is 0 Å². The largest absolute Gasteiger partial charge is 0.507 e. The standard InChI is InChI=1S/C14H20O3/c1-2-3-4-5-6-8-11-9-7-10-12(15)13(11)14(16)17/h7,9-10,15H,2-6,8H2,1H3,(H,16,17). The molecule has 2 N–H and O–H groups in total. The molecular weight excluding hydrogens is 216 g/mol. The van der Waals surface area contributed by atoms with E-state index in [0.717, 1.165) is 24.8 Å². The van der Waals surface area contributed by atoms with Crippen molar-refractivity contribution in [3.05, 3.63) is 29.3 Å². The van der Waals surface area contributed by atoms with Crippen molar-refractivity contribution in [1.82, 2.24) is 0 Å². The van der Waals surface area contributed by atoms with Crippen LogP contribution in [0.15, 0.2) is 18.2 Å². The van der Waals surface area contributed by atoms with Crippen LogP contribution in [0.25, 0.3) is 0 Å². The van der Waals surface area contributed by atoms with Gasteiger partial charge in [0.1, 0.15) is 11.3 Å². The molecule has 3 heteroatoms. The fourth-order valence-electron chi connectivity index (χ4n) is 1.96. The highest BCUT2D eigenvalue weighted by atomic mass is 16.4. The van der Waals surface area contributed by atoms with Gasteiger partial charge in [0.2, 0.25) is 0 Å². The summed E-state index contributed by atoms with van der Waals surface area (Å²) in [7, 11) is 0. The molecule has 0 radical (unpaired) electrons. The molecule has 3 nitrogen and oxygen atoms in total. The zero-order valence-corrected chi connectivity index (χ0v) is 10.3. The summed E-state index contributed by atoms with van der Waals surface area (Å²) >= 11 is 0. The van der Waals surface area contributed by atoms with Gasteiger partial charge >= 0.3 is 5.97 Å². The number of phenols is 1. The molecule has 0 atom stereocenters. The van der Waals surface area contributed by atoms with Gasteiger partial charge in [-0.3, -0.25) is 0 Å². The minimum absolute atomic E-state index is 0.0583. The van der Waals surface area contributed by atoms with E-state index in [2.05, 4.69) is 6.92 Å². The third kappa shape index (κ3) is 4.10. The van der Waals surface area contributed by atoms with Crippen LogP contribution in [-0.2, 0) is 6.42 Å². The molecule has 0 bridgehead atoms. The Kier molecular flexibility index (Phi) is 5.53. The molecule has 1 aromatic rings. The normalized spacial score (nSPS) is 10.4.